The lowest BCUT2D eigenvalue weighted by Crippen LogP contribution is -1.83. The summed E-state index contributed by atoms with van der Waals surface area (Å²) < 4.78 is 0. The summed E-state index contributed by atoms with van der Waals surface area (Å²) >= 11 is 0. The largest absolute Gasteiger partial charge is 0.0888 e. The third-order valence-electron chi connectivity index (χ3n) is 2.89. The van der Waals surface area contributed by atoms with Crippen molar-refractivity contribution >= 4 is 0 Å². The van der Waals surface area contributed by atoms with Crippen LogP contribution in [0.25, 0.3) is 0 Å². The Kier molecular flexibility index (Phi) is 4.72. The van der Waals surface area contributed by atoms with Gasteiger partial charge in [-0.2, -0.15) is 0 Å². The van der Waals surface area contributed by atoms with Gasteiger partial charge < -0.3 is 0 Å². The van der Waals surface area contributed by atoms with Crippen molar-refractivity contribution in [2.24, 2.45) is 0 Å². The highest BCUT2D eigenvalue weighted by Gasteiger charge is 2.10. The van der Waals surface area contributed by atoms with Gasteiger partial charge in [0.15, 0.2) is 0 Å². The first kappa shape index (κ1) is 11.3. The van der Waals surface area contributed by atoms with Crippen LogP contribution in [-0.4, -0.2) is 0 Å². The van der Waals surface area contributed by atoms with Crippen LogP contribution in [0.5, 0.6) is 0 Å². The van der Waals surface area contributed by atoms with E-state index in [1.807, 2.05) is 0 Å². The minimum absolute atomic E-state index is 1.16. The molecule has 0 N–H and O–H groups in total. The van der Waals surface area contributed by atoms with Gasteiger partial charge in [-0.15, -0.1) is 0 Å². The van der Waals surface area contributed by atoms with Gasteiger partial charge in [0.05, 0.1) is 0 Å². The number of allylic oxidation sites excluding steroid dienone is 6. The summed E-state index contributed by atoms with van der Waals surface area (Å²) in [4.78, 5) is 0. The first-order valence-corrected chi connectivity index (χ1v) is 5.81. The molecular weight excluding hydrogens is 168 g/mol. The fraction of sp³-hybridized carbons (Fsp3) is 0.571. The quantitative estimate of drug-likeness (QED) is 0.547. The molecule has 1 aliphatic rings. The first-order valence-electron chi connectivity index (χ1n) is 5.81. The summed E-state index contributed by atoms with van der Waals surface area (Å²) in [5.41, 5.74) is 4.78. The van der Waals surface area contributed by atoms with E-state index in [0.717, 1.165) is 6.42 Å². The zero-order valence-electron chi connectivity index (χ0n) is 9.77. The summed E-state index contributed by atoms with van der Waals surface area (Å²) in [7, 11) is 0. The molecule has 0 atom stereocenters. The standard InChI is InChI=1S/C14H22/c1-4-6-7-8-9-14-11-13(5-2)10-12(14)3/h6-7,10H,4-5,8-9,11H2,1-3H3. The number of rotatable bonds is 5. The summed E-state index contributed by atoms with van der Waals surface area (Å²) in [6, 6.07) is 0. The molecule has 0 aromatic rings. The Morgan fingerprint density at radius 2 is 2.07 bits per heavy atom. The Morgan fingerprint density at radius 1 is 1.29 bits per heavy atom. The summed E-state index contributed by atoms with van der Waals surface area (Å²) in [6.45, 7) is 6.69. The van der Waals surface area contributed by atoms with E-state index in [-0.39, 0.29) is 0 Å². The zero-order chi connectivity index (χ0) is 10.4. The maximum absolute atomic E-state index is 2.37. The molecule has 0 amide bonds. The van der Waals surface area contributed by atoms with E-state index >= 15 is 0 Å². The van der Waals surface area contributed by atoms with Crippen LogP contribution in [0.3, 0.4) is 0 Å². The van der Waals surface area contributed by atoms with Crippen LogP contribution < -0.4 is 0 Å². The fourth-order valence-electron chi connectivity index (χ4n) is 1.93. The minimum atomic E-state index is 1.16. The smallest absolute Gasteiger partial charge is 0.00995 e. The number of hydrogen-bond donors (Lipinski definition) is 0. The molecule has 0 heteroatoms. The lowest BCUT2D eigenvalue weighted by molar-refractivity contribution is 0.900. The van der Waals surface area contributed by atoms with Gasteiger partial charge in [-0.05, 0) is 39.0 Å². The highest BCUT2D eigenvalue weighted by molar-refractivity contribution is 5.37. The molecule has 0 nitrogen and oxygen atoms in total. The molecule has 0 radical (unpaired) electrons. The third-order valence-corrected chi connectivity index (χ3v) is 2.89. The topological polar surface area (TPSA) is 0 Å². The average Bonchev–Trinajstić information content (AvgIpc) is 2.54. The van der Waals surface area contributed by atoms with E-state index in [1.54, 1.807) is 11.1 Å². The fourth-order valence-corrected chi connectivity index (χ4v) is 1.93. The monoisotopic (exact) mass is 190 g/mol. The normalized spacial score (nSPS) is 16.9. The van der Waals surface area contributed by atoms with Crippen molar-refractivity contribution < 1.29 is 0 Å². The molecule has 0 aromatic heterocycles. The maximum Gasteiger partial charge on any atom is -0.00995 e. The Hall–Kier alpha value is -0.780. The molecule has 1 rings (SSSR count). The lowest BCUT2D eigenvalue weighted by atomic mass is 10.0. The molecule has 0 fully saturated rings. The van der Waals surface area contributed by atoms with Gasteiger partial charge in [0.2, 0.25) is 0 Å². The Morgan fingerprint density at radius 3 is 2.64 bits per heavy atom. The van der Waals surface area contributed by atoms with E-state index < -0.39 is 0 Å². The van der Waals surface area contributed by atoms with Crippen LogP contribution in [0.1, 0.15) is 52.9 Å². The molecule has 0 heterocycles. The summed E-state index contributed by atoms with van der Waals surface area (Å²) in [6.07, 6.45) is 13.0. The summed E-state index contributed by atoms with van der Waals surface area (Å²) in [5.74, 6) is 0. The Bertz CT molecular complexity index is 264. The molecule has 0 saturated heterocycles. The van der Waals surface area contributed by atoms with Crippen molar-refractivity contribution in [3.8, 4) is 0 Å². The van der Waals surface area contributed by atoms with E-state index in [9.17, 15) is 0 Å². The molecule has 0 spiro atoms. The molecule has 0 unspecified atom stereocenters. The van der Waals surface area contributed by atoms with Crippen molar-refractivity contribution in [2.45, 2.75) is 52.9 Å². The highest BCUT2D eigenvalue weighted by atomic mass is 14.2. The molecule has 1 aliphatic carbocycles. The predicted octanol–water partition coefficient (Wildman–Crippen LogP) is 4.79. The molecule has 14 heavy (non-hydrogen) atoms. The van der Waals surface area contributed by atoms with E-state index in [2.05, 4.69) is 39.0 Å². The van der Waals surface area contributed by atoms with Gasteiger partial charge in [-0.3, -0.25) is 0 Å². The highest BCUT2D eigenvalue weighted by Crippen LogP contribution is 2.29. The van der Waals surface area contributed by atoms with Gasteiger partial charge in [0, 0.05) is 0 Å². The molecule has 0 aliphatic heterocycles. The molecule has 78 valence electrons. The average molecular weight is 190 g/mol. The van der Waals surface area contributed by atoms with E-state index in [0.29, 0.717) is 0 Å². The van der Waals surface area contributed by atoms with Gasteiger partial charge in [0.1, 0.15) is 0 Å². The second kappa shape index (κ2) is 5.85. The van der Waals surface area contributed by atoms with Crippen molar-refractivity contribution in [3.05, 3.63) is 34.9 Å². The zero-order valence-corrected chi connectivity index (χ0v) is 9.77. The Balaban J connectivity index is 2.35. The predicted molar refractivity (Wildman–Crippen MR) is 64.4 cm³/mol. The minimum Gasteiger partial charge on any atom is -0.0888 e. The SMILES string of the molecule is CCC=CCCC1=C(C)C=C(CC)C1. The molecular formula is C14H22. The number of hydrogen-bond acceptors (Lipinski definition) is 0. The van der Waals surface area contributed by atoms with Crippen molar-refractivity contribution in [2.75, 3.05) is 0 Å². The van der Waals surface area contributed by atoms with E-state index in [1.165, 1.54) is 31.3 Å². The van der Waals surface area contributed by atoms with Crippen LogP contribution in [0.2, 0.25) is 0 Å². The maximum atomic E-state index is 2.37. The lowest BCUT2D eigenvalue weighted by Gasteiger charge is -2.02. The van der Waals surface area contributed by atoms with Crippen LogP contribution >= 0.6 is 0 Å². The first-order chi connectivity index (χ1) is 6.77. The molecule has 0 saturated carbocycles. The summed E-state index contributed by atoms with van der Waals surface area (Å²) in [5, 5.41) is 0. The molecule has 0 aromatic carbocycles. The Labute approximate surface area is 88.4 Å². The van der Waals surface area contributed by atoms with Gasteiger partial charge in [0.25, 0.3) is 0 Å². The van der Waals surface area contributed by atoms with Crippen molar-refractivity contribution in [3.63, 3.8) is 0 Å². The molecule has 0 bridgehead atoms. The van der Waals surface area contributed by atoms with Crippen LogP contribution in [0, 0.1) is 0 Å². The van der Waals surface area contributed by atoms with Crippen LogP contribution in [-0.2, 0) is 0 Å². The second-order valence-corrected chi connectivity index (χ2v) is 4.04. The van der Waals surface area contributed by atoms with Crippen molar-refractivity contribution in [1.29, 1.82) is 0 Å². The third kappa shape index (κ3) is 3.17. The van der Waals surface area contributed by atoms with E-state index in [4.69, 9.17) is 0 Å². The second-order valence-electron chi connectivity index (χ2n) is 4.04. The van der Waals surface area contributed by atoms with Gasteiger partial charge in [-0.25, -0.2) is 0 Å². The van der Waals surface area contributed by atoms with Crippen LogP contribution in [0.4, 0.5) is 0 Å². The van der Waals surface area contributed by atoms with Gasteiger partial charge >= 0.3 is 0 Å². The van der Waals surface area contributed by atoms with Gasteiger partial charge in [-0.1, -0.05) is 48.8 Å². The van der Waals surface area contributed by atoms with Crippen molar-refractivity contribution in [1.82, 2.24) is 0 Å². The van der Waals surface area contributed by atoms with Crippen LogP contribution in [0.15, 0.2) is 34.9 Å².